The van der Waals surface area contributed by atoms with Crippen molar-refractivity contribution in [2.45, 2.75) is 25.8 Å². The maximum atomic E-state index is 9.06. The van der Waals surface area contributed by atoms with Crippen molar-refractivity contribution in [3.63, 3.8) is 0 Å². The molecule has 17 heavy (non-hydrogen) atoms. The molecule has 2 aromatic rings. The van der Waals surface area contributed by atoms with Gasteiger partial charge in [-0.2, -0.15) is 5.26 Å². The van der Waals surface area contributed by atoms with E-state index in [1.165, 1.54) is 12.8 Å². The van der Waals surface area contributed by atoms with Gasteiger partial charge in [0.2, 0.25) is 5.95 Å². The van der Waals surface area contributed by atoms with Crippen molar-refractivity contribution in [1.29, 1.82) is 5.26 Å². The number of anilines is 1. The van der Waals surface area contributed by atoms with E-state index in [1.54, 1.807) is 6.07 Å². The third-order valence-corrected chi connectivity index (χ3v) is 3.58. The summed E-state index contributed by atoms with van der Waals surface area (Å²) < 4.78 is 2.06. The van der Waals surface area contributed by atoms with Crippen LogP contribution >= 0.6 is 0 Å². The number of hydrogen-bond acceptors (Lipinski definition) is 3. The maximum Gasteiger partial charge on any atom is 0.201 e. The standard InChI is InChI=1S/C13H14N4/c1-8(9-5-6-9)17-11-4-2-3-10(7-14)12(11)16-13(17)15/h2-4,8-9H,5-6H2,1H3,(H2,15,16). The van der Waals surface area contributed by atoms with Crippen LogP contribution in [0.2, 0.25) is 0 Å². The Bertz CT molecular complexity index is 616. The van der Waals surface area contributed by atoms with E-state index in [4.69, 9.17) is 11.0 Å². The van der Waals surface area contributed by atoms with Crippen molar-refractivity contribution >= 4 is 17.0 Å². The molecule has 0 saturated heterocycles. The molecule has 1 aliphatic carbocycles. The normalized spacial score (nSPS) is 16.9. The van der Waals surface area contributed by atoms with Gasteiger partial charge in [0, 0.05) is 6.04 Å². The number of nitrogens with zero attached hydrogens (tertiary/aromatic N) is 3. The topological polar surface area (TPSA) is 67.6 Å². The molecule has 0 amide bonds. The fourth-order valence-electron chi connectivity index (χ4n) is 2.44. The van der Waals surface area contributed by atoms with Gasteiger partial charge in [0.1, 0.15) is 11.6 Å². The SMILES string of the molecule is CC(C1CC1)n1c(N)nc2c(C#N)cccc21. The van der Waals surface area contributed by atoms with Gasteiger partial charge in [-0.15, -0.1) is 0 Å². The minimum Gasteiger partial charge on any atom is -0.369 e. The highest BCUT2D eigenvalue weighted by molar-refractivity contribution is 5.84. The molecule has 86 valence electrons. The first kappa shape index (κ1) is 10.2. The Morgan fingerprint density at radius 2 is 2.29 bits per heavy atom. The Kier molecular flexibility index (Phi) is 2.08. The minimum absolute atomic E-state index is 0.369. The first-order chi connectivity index (χ1) is 8.22. The lowest BCUT2D eigenvalue weighted by atomic mass is 10.1. The number of nitrogens with two attached hydrogens (primary N) is 1. The monoisotopic (exact) mass is 226 g/mol. The first-order valence-electron chi connectivity index (χ1n) is 5.89. The molecule has 0 aliphatic heterocycles. The highest BCUT2D eigenvalue weighted by Crippen LogP contribution is 2.41. The lowest BCUT2D eigenvalue weighted by molar-refractivity contribution is 0.504. The van der Waals surface area contributed by atoms with Crippen LogP contribution in [0.15, 0.2) is 18.2 Å². The zero-order valence-corrected chi connectivity index (χ0v) is 9.72. The van der Waals surface area contributed by atoms with E-state index in [2.05, 4.69) is 22.5 Å². The molecule has 1 unspecified atom stereocenters. The molecule has 1 atom stereocenters. The molecule has 4 nitrogen and oxygen atoms in total. The van der Waals surface area contributed by atoms with E-state index >= 15 is 0 Å². The van der Waals surface area contributed by atoms with E-state index in [0.717, 1.165) is 11.0 Å². The summed E-state index contributed by atoms with van der Waals surface area (Å²) >= 11 is 0. The number of imidazole rings is 1. The number of para-hydroxylation sites is 1. The molecule has 1 aromatic carbocycles. The smallest absolute Gasteiger partial charge is 0.201 e. The Labute approximate surface area is 99.7 Å². The predicted molar refractivity (Wildman–Crippen MR) is 66.3 cm³/mol. The van der Waals surface area contributed by atoms with Crippen LogP contribution in [0, 0.1) is 17.2 Å². The third-order valence-electron chi connectivity index (χ3n) is 3.58. The summed E-state index contributed by atoms with van der Waals surface area (Å²) in [6.07, 6.45) is 2.52. The first-order valence-corrected chi connectivity index (χ1v) is 5.89. The summed E-state index contributed by atoms with van der Waals surface area (Å²) in [6.45, 7) is 2.17. The minimum atomic E-state index is 0.369. The molecule has 3 rings (SSSR count). The largest absolute Gasteiger partial charge is 0.369 e. The second kappa shape index (κ2) is 3.49. The van der Waals surface area contributed by atoms with E-state index in [-0.39, 0.29) is 0 Å². The Hall–Kier alpha value is -2.02. The Morgan fingerprint density at radius 3 is 2.94 bits per heavy atom. The van der Waals surface area contributed by atoms with Gasteiger partial charge in [-0.05, 0) is 37.8 Å². The third kappa shape index (κ3) is 1.47. The van der Waals surface area contributed by atoms with Gasteiger partial charge < -0.3 is 10.3 Å². The van der Waals surface area contributed by atoms with Crippen LogP contribution in [0.1, 0.15) is 31.4 Å². The molecule has 2 N–H and O–H groups in total. The second-order valence-electron chi connectivity index (χ2n) is 4.70. The van der Waals surface area contributed by atoms with E-state index in [9.17, 15) is 0 Å². The number of rotatable bonds is 2. The highest BCUT2D eigenvalue weighted by Gasteiger charge is 2.31. The van der Waals surface area contributed by atoms with E-state index < -0.39 is 0 Å². The van der Waals surface area contributed by atoms with E-state index in [0.29, 0.717) is 23.5 Å². The van der Waals surface area contributed by atoms with Crippen molar-refractivity contribution in [3.05, 3.63) is 23.8 Å². The number of fused-ring (bicyclic) bond motifs is 1. The van der Waals surface area contributed by atoms with Crippen molar-refractivity contribution in [1.82, 2.24) is 9.55 Å². The number of nitrogen functional groups attached to an aromatic ring is 1. The lowest BCUT2D eigenvalue weighted by Crippen LogP contribution is -2.10. The molecular formula is C13H14N4. The molecule has 4 heteroatoms. The zero-order chi connectivity index (χ0) is 12.0. The fourth-order valence-corrected chi connectivity index (χ4v) is 2.44. The molecule has 0 radical (unpaired) electrons. The maximum absolute atomic E-state index is 9.06. The summed E-state index contributed by atoms with van der Waals surface area (Å²) in [5.41, 5.74) is 8.27. The molecule has 1 aromatic heterocycles. The van der Waals surface area contributed by atoms with Gasteiger partial charge in [0.25, 0.3) is 0 Å². The second-order valence-corrected chi connectivity index (χ2v) is 4.70. The summed E-state index contributed by atoms with van der Waals surface area (Å²) in [6, 6.07) is 8.18. The summed E-state index contributed by atoms with van der Waals surface area (Å²) in [5, 5.41) is 9.06. The molecule has 1 aliphatic rings. The number of aromatic nitrogens is 2. The molecule has 1 saturated carbocycles. The zero-order valence-electron chi connectivity index (χ0n) is 9.72. The quantitative estimate of drug-likeness (QED) is 0.855. The Morgan fingerprint density at radius 1 is 1.53 bits per heavy atom. The van der Waals surface area contributed by atoms with Crippen LogP contribution in [-0.2, 0) is 0 Å². The molecule has 1 fully saturated rings. The van der Waals surface area contributed by atoms with Gasteiger partial charge in [-0.3, -0.25) is 0 Å². The highest BCUT2D eigenvalue weighted by atomic mass is 15.2. The van der Waals surface area contributed by atoms with Crippen LogP contribution in [0.4, 0.5) is 5.95 Å². The van der Waals surface area contributed by atoms with Crippen molar-refractivity contribution in [2.75, 3.05) is 5.73 Å². The van der Waals surface area contributed by atoms with Gasteiger partial charge in [0.05, 0.1) is 11.1 Å². The fraction of sp³-hybridized carbons (Fsp3) is 0.385. The molecule has 0 spiro atoms. The van der Waals surface area contributed by atoms with Crippen LogP contribution in [0.25, 0.3) is 11.0 Å². The number of nitriles is 1. The van der Waals surface area contributed by atoms with Gasteiger partial charge >= 0.3 is 0 Å². The van der Waals surface area contributed by atoms with Gasteiger partial charge in [0.15, 0.2) is 0 Å². The van der Waals surface area contributed by atoms with Gasteiger partial charge in [-0.25, -0.2) is 4.98 Å². The summed E-state index contributed by atoms with van der Waals surface area (Å²) in [7, 11) is 0. The number of hydrogen-bond donors (Lipinski definition) is 1. The average molecular weight is 226 g/mol. The molecule has 1 heterocycles. The van der Waals surface area contributed by atoms with Crippen molar-refractivity contribution < 1.29 is 0 Å². The van der Waals surface area contributed by atoms with Crippen molar-refractivity contribution in [3.8, 4) is 6.07 Å². The molecule has 0 bridgehead atoms. The van der Waals surface area contributed by atoms with Crippen LogP contribution < -0.4 is 5.73 Å². The van der Waals surface area contributed by atoms with E-state index in [1.807, 2.05) is 12.1 Å². The van der Waals surface area contributed by atoms with Crippen molar-refractivity contribution in [2.24, 2.45) is 5.92 Å². The van der Waals surface area contributed by atoms with Gasteiger partial charge in [-0.1, -0.05) is 6.07 Å². The van der Waals surface area contributed by atoms with Crippen LogP contribution in [-0.4, -0.2) is 9.55 Å². The Balaban J connectivity index is 2.24. The van der Waals surface area contributed by atoms with Crippen LogP contribution in [0.5, 0.6) is 0 Å². The lowest BCUT2D eigenvalue weighted by Gasteiger charge is -2.14. The van der Waals surface area contributed by atoms with Crippen LogP contribution in [0.3, 0.4) is 0 Å². The average Bonchev–Trinajstić information content (AvgIpc) is 3.10. The molecular weight excluding hydrogens is 212 g/mol. The predicted octanol–water partition coefficient (Wildman–Crippen LogP) is 2.46. The summed E-state index contributed by atoms with van der Waals surface area (Å²) in [4.78, 5) is 4.33. The summed E-state index contributed by atoms with van der Waals surface area (Å²) in [5.74, 6) is 1.22. The number of benzene rings is 1.